The van der Waals surface area contributed by atoms with E-state index < -0.39 is 0 Å². The third-order valence-corrected chi connectivity index (χ3v) is 4.49. The molecule has 1 aromatic heterocycles. The minimum Gasteiger partial charge on any atom is -0.298 e. The zero-order valence-corrected chi connectivity index (χ0v) is 13.5. The predicted octanol–water partition coefficient (Wildman–Crippen LogP) is 1.72. The third kappa shape index (κ3) is 3.13. The summed E-state index contributed by atoms with van der Waals surface area (Å²) < 4.78 is 3.34. The molecule has 0 saturated carbocycles. The lowest BCUT2D eigenvalue weighted by Gasteiger charge is -1.93. The van der Waals surface area contributed by atoms with Crippen molar-refractivity contribution >= 4 is 38.9 Å². The maximum absolute atomic E-state index is 12.3. The van der Waals surface area contributed by atoms with E-state index in [0.29, 0.717) is 15.7 Å². The Kier molecular flexibility index (Phi) is 4.74. The molecule has 21 heavy (non-hydrogen) atoms. The van der Waals surface area contributed by atoms with Gasteiger partial charge in [-0.05, 0) is 30.7 Å². The summed E-state index contributed by atoms with van der Waals surface area (Å²) in [6, 6.07) is 11.2. The van der Waals surface area contributed by atoms with Gasteiger partial charge in [-0.1, -0.05) is 28.1 Å². The molecule has 0 amide bonds. The molecule has 0 spiro atoms. The predicted molar refractivity (Wildman–Crippen MR) is 85.8 cm³/mol. The van der Waals surface area contributed by atoms with Gasteiger partial charge < -0.3 is 0 Å². The first-order valence-electron chi connectivity index (χ1n) is 6.12. The Morgan fingerprint density at radius 3 is 2.48 bits per heavy atom. The van der Waals surface area contributed by atoms with Gasteiger partial charge in [0.1, 0.15) is 16.8 Å². The molecule has 0 aliphatic rings. The van der Waals surface area contributed by atoms with Crippen LogP contribution in [-0.2, 0) is 6.54 Å². The van der Waals surface area contributed by atoms with Crippen LogP contribution in [0.25, 0.3) is 11.6 Å². The molecule has 0 N–H and O–H groups in total. The Balaban J connectivity index is 2.77. The average Bonchev–Trinajstić information content (AvgIpc) is 2.79. The zero-order valence-electron chi connectivity index (χ0n) is 11.1. The van der Waals surface area contributed by atoms with Crippen LogP contribution in [0.4, 0.5) is 0 Å². The maximum atomic E-state index is 12.3. The van der Waals surface area contributed by atoms with Crippen LogP contribution in [0.15, 0.2) is 33.5 Å². The summed E-state index contributed by atoms with van der Waals surface area (Å²) >= 11 is 4.53. The minimum absolute atomic E-state index is 0.0330. The summed E-state index contributed by atoms with van der Waals surface area (Å²) in [5.41, 5.74) is 0.680. The second-order valence-electron chi connectivity index (χ2n) is 4.12. The van der Waals surface area contributed by atoms with E-state index in [1.54, 1.807) is 6.08 Å². The van der Waals surface area contributed by atoms with Gasteiger partial charge in [0.2, 0.25) is 0 Å². The summed E-state index contributed by atoms with van der Waals surface area (Å²) in [6.07, 6.45) is 1.77. The normalized spacial score (nSPS) is 11.0. The fourth-order valence-corrected chi connectivity index (χ4v) is 3.20. The number of nitriles is 2. The Bertz CT molecular complexity index is 908. The first-order chi connectivity index (χ1) is 10.1. The molecule has 0 atom stereocenters. The molecular formula is C15H10BrN3OS. The molecule has 0 unspecified atom stereocenters. The fraction of sp³-hybridized carbons (Fsp3) is 0.133. The molecule has 2 rings (SSSR count). The second kappa shape index (κ2) is 6.53. The molecule has 0 aliphatic carbocycles. The van der Waals surface area contributed by atoms with Crippen molar-refractivity contribution in [2.75, 3.05) is 0 Å². The van der Waals surface area contributed by atoms with Gasteiger partial charge in [-0.2, -0.15) is 10.5 Å². The van der Waals surface area contributed by atoms with Gasteiger partial charge in [0.25, 0.3) is 5.56 Å². The molecule has 0 saturated heterocycles. The van der Waals surface area contributed by atoms with Crippen molar-refractivity contribution in [1.29, 1.82) is 10.5 Å². The maximum Gasteiger partial charge on any atom is 0.269 e. The van der Waals surface area contributed by atoms with Crippen molar-refractivity contribution in [2.45, 2.75) is 13.5 Å². The highest BCUT2D eigenvalue weighted by Crippen LogP contribution is 2.10. The molecule has 0 aliphatic heterocycles. The Morgan fingerprint density at radius 1 is 1.33 bits per heavy atom. The quantitative estimate of drug-likeness (QED) is 0.819. The van der Waals surface area contributed by atoms with E-state index in [-0.39, 0.29) is 11.1 Å². The topological polar surface area (TPSA) is 69.6 Å². The molecule has 6 heteroatoms. The molecular weight excluding hydrogens is 350 g/mol. The molecule has 0 bridgehead atoms. The van der Waals surface area contributed by atoms with Crippen molar-refractivity contribution in [1.82, 2.24) is 4.57 Å². The lowest BCUT2D eigenvalue weighted by Crippen LogP contribution is -2.31. The molecule has 0 radical (unpaired) electrons. The Labute approximate surface area is 133 Å². The van der Waals surface area contributed by atoms with Gasteiger partial charge >= 0.3 is 0 Å². The summed E-state index contributed by atoms with van der Waals surface area (Å²) in [6.45, 7) is 2.24. The monoisotopic (exact) mass is 359 g/mol. The average molecular weight is 360 g/mol. The van der Waals surface area contributed by atoms with Gasteiger partial charge in [-0.15, -0.1) is 11.3 Å². The molecule has 2 aromatic rings. The summed E-state index contributed by atoms with van der Waals surface area (Å²) in [4.78, 5) is 12.3. The number of hydrogen-bond donors (Lipinski definition) is 0. The van der Waals surface area contributed by atoms with Gasteiger partial charge in [0, 0.05) is 11.0 Å². The smallest absolute Gasteiger partial charge is 0.269 e. The minimum atomic E-state index is -0.177. The highest BCUT2D eigenvalue weighted by molar-refractivity contribution is 9.10. The highest BCUT2D eigenvalue weighted by Gasteiger charge is 2.07. The van der Waals surface area contributed by atoms with Crippen molar-refractivity contribution in [2.24, 2.45) is 0 Å². The van der Waals surface area contributed by atoms with E-state index >= 15 is 0 Å². The van der Waals surface area contributed by atoms with Crippen LogP contribution in [-0.4, -0.2) is 4.57 Å². The lowest BCUT2D eigenvalue weighted by atomic mass is 10.2. The van der Waals surface area contributed by atoms with Crippen LogP contribution in [0, 0.1) is 22.7 Å². The third-order valence-electron chi connectivity index (χ3n) is 2.83. The van der Waals surface area contributed by atoms with Crippen LogP contribution in [0.5, 0.6) is 0 Å². The Morgan fingerprint density at radius 2 is 1.95 bits per heavy atom. The largest absolute Gasteiger partial charge is 0.298 e. The number of hydrogen-bond acceptors (Lipinski definition) is 4. The van der Waals surface area contributed by atoms with Gasteiger partial charge in [-0.25, -0.2) is 0 Å². The SMILES string of the molecule is CCn1c(=C(C#N)C#N)s/c(=C/c2ccc(Br)cc2)c1=O. The summed E-state index contributed by atoms with van der Waals surface area (Å²) in [5, 5.41) is 18.0. The number of nitrogens with zero attached hydrogens (tertiary/aromatic N) is 3. The van der Waals surface area contributed by atoms with E-state index in [1.165, 1.54) is 15.9 Å². The number of halogens is 1. The number of thiazole rings is 1. The van der Waals surface area contributed by atoms with Crippen LogP contribution in [0.2, 0.25) is 0 Å². The lowest BCUT2D eigenvalue weighted by molar-refractivity contribution is 0.722. The number of aromatic nitrogens is 1. The molecule has 104 valence electrons. The van der Waals surface area contributed by atoms with E-state index in [2.05, 4.69) is 15.9 Å². The first kappa shape index (κ1) is 15.2. The number of rotatable bonds is 2. The second-order valence-corrected chi connectivity index (χ2v) is 6.06. The zero-order chi connectivity index (χ0) is 15.4. The van der Waals surface area contributed by atoms with Crippen molar-refractivity contribution in [3.63, 3.8) is 0 Å². The van der Waals surface area contributed by atoms with Crippen molar-refractivity contribution in [3.05, 3.63) is 53.9 Å². The van der Waals surface area contributed by atoms with Gasteiger partial charge in [0.05, 0.1) is 4.53 Å². The molecule has 0 fully saturated rings. The van der Waals surface area contributed by atoms with Gasteiger partial charge in [0.15, 0.2) is 5.57 Å². The van der Waals surface area contributed by atoms with Crippen molar-refractivity contribution < 1.29 is 0 Å². The van der Waals surface area contributed by atoms with Crippen molar-refractivity contribution in [3.8, 4) is 12.1 Å². The van der Waals surface area contributed by atoms with Crippen LogP contribution >= 0.6 is 27.3 Å². The van der Waals surface area contributed by atoms with Crippen LogP contribution in [0.1, 0.15) is 12.5 Å². The highest BCUT2D eigenvalue weighted by atomic mass is 79.9. The number of benzene rings is 1. The van der Waals surface area contributed by atoms with E-state index in [1.807, 2.05) is 43.3 Å². The molecule has 4 nitrogen and oxygen atoms in total. The first-order valence-corrected chi connectivity index (χ1v) is 7.73. The van der Waals surface area contributed by atoms with E-state index in [0.717, 1.165) is 10.0 Å². The standard InChI is InChI=1S/C15H10BrN3OS/c1-2-19-14(20)13(21-15(19)11(8-17)9-18)7-10-3-5-12(16)6-4-10/h3-7H,2H2,1H3/b13-7+. The molecule has 1 heterocycles. The molecule has 1 aromatic carbocycles. The Hall–Kier alpha value is -2.15. The summed E-state index contributed by atoms with van der Waals surface area (Å²) in [7, 11) is 0. The summed E-state index contributed by atoms with van der Waals surface area (Å²) in [5.74, 6) is 0. The van der Waals surface area contributed by atoms with E-state index in [4.69, 9.17) is 10.5 Å². The van der Waals surface area contributed by atoms with Gasteiger partial charge in [-0.3, -0.25) is 9.36 Å². The van der Waals surface area contributed by atoms with E-state index in [9.17, 15) is 4.79 Å². The fourth-order valence-electron chi connectivity index (χ4n) is 1.82. The van der Waals surface area contributed by atoms with Crippen LogP contribution < -0.4 is 14.8 Å². The van der Waals surface area contributed by atoms with Crippen LogP contribution in [0.3, 0.4) is 0 Å².